The van der Waals surface area contributed by atoms with E-state index < -0.39 is 0 Å². The number of rotatable bonds is 4. The van der Waals surface area contributed by atoms with E-state index in [-0.39, 0.29) is 17.0 Å². The normalized spacial score (nSPS) is 11.9. The summed E-state index contributed by atoms with van der Waals surface area (Å²) in [4.78, 5) is 15.9. The van der Waals surface area contributed by atoms with Crippen molar-refractivity contribution in [1.82, 2.24) is 10.3 Å². The Morgan fingerprint density at radius 1 is 1.40 bits per heavy atom. The number of nitrogens with two attached hydrogens (primary N) is 1. The molecule has 1 heterocycles. The van der Waals surface area contributed by atoms with Gasteiger partial charge in [0.25, 0.3) is 5.91 Å². The van der Waals surface area contributed by atoms with Crippen LogP contribution in [0.5, 0.6) is 0 Å². The third kappa shape index (κ3) is 3.48. The van der Waals surface area contributed by atoms with E-state index in [2.05, 4.69) is 17.2 Å². The zero-order chi connectivity index (χ0) is 14.5. The molecule has 0 saturated carbocycles. The molecule has 1 aromatic heterocycles. The van der Waals surface area contributed by atoms with Crippen molar-refractivity contribution in [3.8, 4) is 0 Å². The van der Waals surface area contributed by atoms with Crippen LogP contribution in [-0.4, -0.2) is 17.4 Å². The number of nitrogens with one attached hydrogen (secondary N) is 1. The standard InChI is InChI=1S/C15H16ClN3O/c1-10(11-5-3-2-4-6-11)8-19-15(20)12-7-14(16)18-9-13(12)17/h2-7,9-10H,8,17H2,1H3,(H,19,20). The second-order valence-electron chi connectivity index (χ2n) is 4.62. The van der Waals surface area contributed by atoms with Gasteiger partial charge in [-0.25, -0.2) is 4.98 Å². The van der Waals surface area contributed by atoms with Gasteiger partial charge in [-0.2, -0.15) is 0 Å². The minimum Gasteiger partial charge on any atom is -0.397 e. The van der Waals surface area contributed by atoms with Gasteiger partial charge < -0.3 is 11.1 Å². The fourth-order valence-electron chi connectivity index (χ4n) is 1.88. The summed E-state index contributed by atoms with van der Waals surface area (Å²) in [6.45, 7) is 2.58. The van der Waals surface area contributed by atoms with Crippen LogP contribution in [0.4, 0.5) is 5.69 Å². The molecule has 5 heteroatoms. The Kier molecular flexibility index (Phi) is 4.58. The summed E-state index contributed by atoms with van der Waals surface area (Å²) >= 11 is 5.77. The molecule has 3 N–H and O–H groups in total. The maximum atomic E-state index is 12.1. The average Bonchev–Trinajstić information content (AvgIpc) is 2.47. The van der Waals surface area contributed by atoms with Gasteiger partial charge in [0.05, 0.1) is 17.4 Å². The van der Waals surface area contributed by atoms with E-state index in [0.717, 1.165) is 0 Å². The van der Waals surface area contributed by atoms with Gasteiger partial charge in [-0.15, -0.1) is 0 Å². The first kappa shape index (κ1) is 14.3. The molecule has 0 aliphatic carbocycles. The van der Waals surface area contributed by atoms with E-state index in [1.165, 1.54) is 17.8 Å². The van der Waals surface area contributed by atoms with Crippen LogP contribution >= 0.6 is 11.6 Å². The molecule has 0 spiro atoms. The van der Waals surface area contributed by atoms with Crippen LogP contribution in [0.3, 0.4) is 0 Å². The van der Waals surface area contributed by atoms with Gasteiger partial charge in [0.15, 0.2) is 0 Å². The first-order valence-electron chi connectivity index (χ1n) is 6.32. The Bertz CT molecular complexity index is 601. The Hall–Kier alpha value is -2.07. The van der Waals surface area contributed by atoms with E-state index in [1.807, 2.05) is 30.3 Å². The van der Waals surface area contributed by atoms with Crippen LogP contribution < -0.4 is 11.1 Å². The van der Waals surface area contributed by atoms with Crippen LogP contribution in [0.2, 0.25) is 5.15 Å². The predicted octanol–water partition coefficient (Wildman–Crippen LogP) is 2.85. The van der Waals surface area contributed by atoms with Gasteiger partial charge in [-0.3, -0.25) is 4.79 Å². The van der Waals surface area contributed by atoms with E-state index in [0.29, 0.717) is 17.8 Å². The number of hydrogen-bond acceptors (Lipinski definition) is 3. The predicted molar refractivity (Wildman–Crippen MR) is 80.8 cm³/mol. The lowest BCUT2D eigenvalue weighted by Crippen LogP contribution is -2.28. The summed E-state index contributed by atoms with van der Waals surface area (Å²) in [6, 6.07) is 11.5. The molecule has 0 fully saturated rings. The molecule has 4 nitrogen and oxygen atoms in total. The van der Waals surface area contributed by atoms with E-state index in [1.54, 1.807) is 0 Å². The highest BCUT2D eigenvalue weighted by Crippen LogP contribution is 2.16. The minimum absolute atomic E-state index is 0.221. The highest BCUT2D eigenvalue weighted by atomic mass is 35.5. The molecule has 0 aliphatic heterocycles. The summed E-state index contributed by atoms with van der Waals surface area (Å²) in [5, 5.41) is 3.11. The highest BCUT2D eigenvalue weighted by Gasteiger charge is 2.12. The van der Waals surface area contributed by atoms with Crippen LogP contribution in [0.15, 0.2) is 42.6 Å². The van der Waals surface area contributed by atoms with Crippen molar-refractivity contribution in [3.63, 3.8) is 0 Å². The molecule has 2 rings (SSSR count). The lowest BCUT2D eigenvalue weighted by atomic mass is 10.0. The minimum atomic E-state index is -0.241. The van der Waals surface area contributed by atoms with Crippen molar-refractivity contribution in [2.24, 2.45) is 0 Å². The second-order valence-corrected chi connectivity index (χ2v) is 5.00. The smallest absolute Gasteiger partial charge is 0.253 e. The van der Waals surface area contributed by atoms with E-state index in [4.69, 9.17) is 17.3 Å². The Labute approximate surface area is 123 Å². The molecule has 1 amide bonds. The third-order valence-corrected chi connectivity index (χ3v) is 3.29. The Morgan fingerprint density at radius 2 is 2.10 bits per heavy atom. The number of nitrogens with zero attached hydrogens (tertiary/aromatic N) is 1. The summed E-state index contributed by atoms with van der Waals surface area (Å²) in [7, 11) is 0. The maximum absolute atomic E-state index is 12.1. The number of anilines is 1. The Morgan fingerprint density at radius 3 is 2.80 bits per heavy atom. The number of hydrogen-bond donors (Lipinski definition) is 2. The molecule has 1 aromatic carbocycles. The molecule has 0 radical (unpaired) electrons. The van der Waals surface area contributed by atoms with Gasteiger partial charge in [0, 0.05) is 6.54 Å². The average molecular weight is 290 g/mol. The van der Waals surface area contributed by atoms with Crippen LogP contribution in [0.1, 0.15) is 28.8 Å². The quantitative estimate of drug-likeness (QED) is 0.851. The number of nitrogen functional groups attached to an aromatic ring is 1. The van der Waals surface area contributed by atoms with Gasteiger partial charge in [0.1, 0.15) is 5.15 Å². The van der Waals surface area contributed by atoms with E-state index in [9.17, 15) is 4.79 Å². The van der Waals surface area contributed by atoms with Gasteiger partial charge in [-0.05, 0) is 17.5 Å². The van der Waals surface area contributed by atoms with Crippen molar-refractivity contribution >= 4 is 23.2 Å². The van der Waals surface area contributed by atoms with Crippen molar-refractivity contribution in [3.05, 3.63) is 58.9 Å². The van der Waals surface area contributed by atoms with Crippen molar-refractivity contribution in [2.75, 3.05) is 12.3 Å². The number of aromatic nitrogens is 1. The molecule has 2 aromatic rings. The van der Waals surface area contributed by atoms with Gasteiger partial charge >= 0.3 is 0 Å². The summed E-state index contributed by atoms with van der Waals surface area (Å²) in [6.07, 6.45) is 1.39. The fourth-order valence-corrected chi connectivity index (χ4v) is 2.04. The van der Waals surface area contributed by atoms with Crippen LogP contribution in [0, 0.1) is 0 Å². The Balaban J connectivity index is 2.00. The highest BCUT2D eigenvalue weighted by molar-refractivity contribution is 6.29. The fraction of sp³-hybridized carbons (Fsp3) is 0.200. The molecule has 1 unspecified atom stereocenters. The largest absolute Gasteiger partial charge is 0.397 e. The molecule has 20 heavy (non-hydrogen) atoms. The monoisotopic (exact) mass is 289 g/mol. The third-order valence-electron chi connectivity index (χ3n) is 3.08. The number of carbonyl (C=O) groups excluding carboxylic acids is 1. The zero-order valence-corrected chi connectivity index (χ0v) is 11.9. The summed E-state index contributed by atoms with van der Waals surface area (Å²) < 4.78 is 0. The number of halogens is 1. The van der Waals surface area contributed by atoms with Gasteiger partial charge in [0.2, 0.25) is 0 Å². The molecular formula is C15H16ClN3O. The molecule has 1 atom stereocenters. The second kappa shape index (κ2) is 6.39. The van der Waals surface area contributed by atoms with Crippen LogP contribution in [0.25, 0.3) is 0 Å². The maximum Gasteiger partial charge on any atom is 0.253 e. The number of carbonyl (C=O) groups is 1. The summed E-state index contributed by atoms with van der Waals surface area (Å²) in [5.41, 5.74) is 7.57. The van der Waals surface area contributed by atoms with E-state index >= 15 is 0 Å². The SMILES string of the molecule is CC(CNC(=O)c1cc(Cl)ncc1N)c1ccccc1. The zero-order valence-electron chi connectivity index (χ0n) is 11.1. The number of amides is 1. The number of pyridine rings is 1. The van der Waals surface area contributed by atoms with Crippen molar-refractivity contribution in [1.29, 1.82) is 0 Å². The van der Waals surface area contributed by atoms with Crippen LogP contribution in [-0.2, 0) is 0 Å². The molecular weight excluding hydrogens is 274 g/mol. The lowest BCUT2D eigenvalue weighted by Gasteiger charge is -2.13. The molecule has 0 aliphatic rings. The van der Waals surface area contributed by atoms with Gasteiger partial charge in [-0.1, -0.05) is 48.9 Å². The van der Waals surface area contributed by atoms with Crippen molar-refractivity contribution < 1.29 is 4.79 Å². The van der Waals surface area contributed by atoms with Crippen molar-refractivity contribution in [2.45, 2.75) is 12.8 Å². The molecule has 0 saturated heterocycles. The first-order valence-corrected chi connectivity index (χ1v) is 6.70. The first-order chi connectivity index (χ1) is 9.58. The summed E-state index contributed by atoms with van der Waals surface area (Å²) in [5.74, 6) is -0.0201. The number of benzene rings is 1. The molecule has 104 valence electrons. The topological polar surface area (TPSA) is 68.0 Å². The molecule has 0 bridgehead atoms. The lowest BCUT2D eigenvalue weighted by molar-refractivity contribution is 0.0952.